The third-order valence-electron chi connectivity index (χ3n) is 9.52. The number of hydrogen-bond acceptors (Lipinski definition) is 7. The van der Waals surface area contributed by atoms with Gasteiger partial charge in [0.1, 0.15) is 11.6 Å². The van der Waals surface area contributed by atoms with Crippen molar-refractivity contribution in [1.82, 2.24) is 4.90 Å². The van der Waals surface area contributed by atoms with E-state index in [2.05, 4.69) is 31.9 Å². The van der Waals surface area contributed by atoms with Gasteiger partial charge in [0, 0.05) is 31.0 Å². The molecule has 9 nitrogen and oxygen atoms in total. The highest BCUT2D eigenvalue weighted by Gasteiger charge is 2.75. The number of ether oxygens (including phenoxy) is 2. The zero-order valence-electron chi connectivity index (χ0n) is 25.5. The maximum atomic E-state index is 14.8. The molecular weight excluding hydrogens is 534 g/mol. The molecule has 1 N–H and O–H groups in total. The summed E-state index contributed by atoms with van der Waals surface area (Å²) < 4.78 is 12.1. The van der Waals surface area contributed by atoms with E-state index in [1.165, 1.54) is 0 Å². The first kappa shape index (κ1) is 31.8. The van der Waals surface area contributed by atoms with Gasteiger partial charge in [-0.3, -0.25) is 14.4 Å². The van der Waals surface area contributed by atoms with E-state index >= 15 is 0 Å². The van der Waals surface area contributed by atoms with Crippen LogP contribution in [0.15, 0.2) is 49.6 Å². The summed E-state index contributed by atoms with van der Waals surface area (Å²) in [6.45, 7) is 17.6. The van der Waals surface area contributed by atoms with Gasteiger partial charge in [0.15, 0.2) is 0 Å². The fraction of sp³-hybridized carbons (Fsp3) is 0.606. The number of anilines is 2. The molecule has 0 saturated carbocycles. The second kappa shape index (κ2) is 13.4. The van der Waals surface area contributed by atoms with Crippen LogP contribution < -0.4 is 9.80 Å². The van der Waals surface area contributed by atoms with E-state index in [4.69, 9.17) is 9.47 Å². The van der Waals surface area contributed by atoms with Crippen molar-refractivity contribution in [3.8, 4) is 0 Å². The minimum absolute atomic E-state index is 0.0825. The van der Waals surface area contributed by atoms with E-state index in [-0.39, 0.29) is 37.5 Å². The Labute approximate surface area is 250 Å². The lowest BCUT2D eigenvalue weighted by Gasteiger charge is -2.41. The Kier molecular flexibility index (Phi) is 10.1. The summed E-state index contributed by atoms with van der Waals surface area (Å²) in [5.41, 5.74) is 0.557. The zero-order chi connectivity index (χ0) is 30.6. The number of esters is 1. The number of aliphatic hydroxyl groups is 1. The molecule has 2 amide bonds. The van der Waals surface area contributed by atoms with E-state index in [0.29, 0.717) is 31.4 Å². The lowest BCUT2D eigenvalue weighted by atomic mass is 9.70. The number of hydrogen-bond donors (Lipinski definition) is 1. The molecule has 4 rings (SSSR count). The van der Waals surface area contributed by atoms with E-state index in [0.717, 1.165) is 18.8 Å². The van der Waals surface area contributed by atoms with Crippen LogP contribution in [0.25, 0.3) is 0 Å². The van der Waals surface area contributed by atoms with Crippen LogP contribution in [0.1, 0.15) is 53.4 Å². The molecule has 0 aromatic heterocycles. The van der Waals surface area contributed by atoms with Crippen molar-refractivity contribution in [2.24, 2.45) is 17.8 Å². The van der Waals surface area contributed by atoms with E-state index < -0.39 is 41.6 Å². The van der Waals surface area contributed by atoms with Crippen LogP contribution in [0.2, 0.25) is 0 Å². The van der Waals surface area contributed by atoms with Crippen LogP contribution in [0.4, 0.5) is 11.4 Å². The maximum absolute atomic E-state index is 14.8. The van der Waals surface area contributed by atoms with Crippen LogP contribution in [-0.2, 0) is 23.9 Å². The lowest BCUT2D eigenvalue weighted by molar-refractivity contribution is -0.156. The van der Waals surface area contributed by atoms with Crippen molar-refractivity contribution in [1.29, 1.82) is 0 Å². The quantitative estimate of drug-likeness (QED) is 0.190. The Morgan fingerprint density at radius 2 is 1.83 bits per heavy atom. The highest BCUT2D eigenvalue weighted by Crippen LogP contribution is 2.59. The highest BCUT2D eigenvalue weighted by molar-refractivity contribution is 6.05. The van der Waals surface area contributed by atoms with Crippen molar-refractivity contribution in [3.05, 3.63) is 49.6 Å². The summed E-state index contributed by atoms with van der Waals surface area (Å²) in [4.78, 5) is 47.9. The fourth-order valence-electron chi connectivity index (χ4n) is 7.18. The van der Waals surface area contributed by atoms with Gasteiger partial charge in [0.25, 0.3) is 5.91 Å². The number of carbonyl (C=O) groups excluding carboxylic acids is 3. The molecule has 1 aromatic carbocycles. The average Bonchev–Trinajstić information content (AvgIpc) is 3.64. The predicted molar refractivity (Wildman–Crippen MR) is 163 cm³/mol. The van der Waals surface area contributed by atoms with Gasteiger partial charge in [-0.2, -0.15) is 0 Å². The normalized spacial score (nSPS) is 27.4. The molecule has 3 aliphatic rings. The SMILES string of the molecule is C=CCCOC(=O)[C@@H]1[C@@H]2CCC3(O2)C(C(=O)N(CC=C)c2ccc(N(CC)CC)cc2)N([C@@H](CO)[C@@H](C)CC)C(=O)[C@H]13. The molecule has 3 aliphatic heterocycles. The van der Waals surface area contributed by atoms with E-state index in [1.54, 1.807) is 22.0 Å². The van der Waals surface area contributed by atoms with Gasteiger partial charge in [-0.25, -0.2) is 0 Å². The van der Waals surface area contributed by atoms with Crippen molar-refractivity contribution in [3.63, 3.8) is 0 Å². The molecule has 9 heteroatoms. The summed E-state index contributed by atoms with van der Waals surface area (Å²) in [6.07, 6.45) is 5.07. The Bertz CT molecular complexity index is 1150. The molecule has 2 unspecified atom stereocenters. The van der Waals surface area contributed by atoms with E-state index in [9.17, 15) is 19.5 Å². The number of carbonyl (C=O) groups is 3. The summed E-state index contributed by atoms with van der Waals surface area (Å²) in [5.74, 6) is -2.83. The summed E-state index contributed by atoms with van der Waals surface area (Å²) in [6, 6.07) is 6.21. The van der Waals surface area contributed by atoms with Crippen LogP contribution in [-0.4, -0.2) is 84.4 Å². The number of aliphatic hydroxyl groups excluding tert-OH is 1. The van der Waals surface area contributed by atoms with Gasteiger partial charge >= 0.3 is 5.97 Å². The summed E-state index contributed by atoms with van der Waals surface area (Å²) >= 11 is 0. The van der Waals surface area contributed by atoms with Crippen LogP contribution in [0.5, 0.6) is 0 Å². The lowest BCUT2D eigenvalue weighted by Crippen LogP contribution is -2.60. The molecule has 42 heavy (non-hydrogen) atoms. The van der Waals surface area contributed by atoms with Crippen LogP contribution >= 0.6 is 0 Å². The topological polar surface area (TPSA) is 99.6 Å². The summed E-state index contributed by atoms with van der Waals surface area (Å²) in [5, 5.41) is 10.6. The second-order valence-corrected chi connectivity index (χ2v) is 11.6. The monoisotopic (exact) mass is 581 g/mol. The van der Waals surface area contributed by atoms with Crippen molar-refractivity contribution < 1.29 is 29.0 Å². The van der Waals surface area contributed by atoms with Gasteiger partial charge in [-0.05, 0) is 63.3 Å². The molecule has 230 valence electrons. The molecule has 3 saturated heterocycles. The van der Waals surface area contributed by atoms with Crippen molar-refractivity contribution >= 4 is 29.2 Å². The van der Waals surface area contributed by atoms with Gasteiger partial charge < -0.3 is 29.3 Å². The molecule has 1 aromatic rings. The smallest absolute Gasteiger partial charge is 0.312 e. The molecule has 0 aliphatic carbocycles. The van der Waals surface area contributed by atoms with Gasteiger partial charge in [0.2, 0.25) is 5.91 Å². The maximum Gasteiger partial charge on any atom is 0.312 e. The Balaban J connectivity index is 1.77. The minimum Gasteiger partial charge on any atom is -0.465 e. The number of rotatable bonds is 15. The predicted octanol–water partition coefficient (Wildman–Crippen LogP) is 3.95. The van der Waals surface area contributed by atoms with Gasteiger partial charge in [-0.1, -0.05) is 32.4 Å². The molecule has 0 radical (unpaired) electrons. The number of likely N-dealkylation sites (tertiary alicyclic amines) is 1. The minimum atomic E-state index is -1.18. The molecule has 2 bridgehead atoms. The molecular formula is C33H47N3O6. The molecule has 1 spiro atoms. The number of fused-ring (bicyclic) bond motifs is 1. The highest BCUT2D eigenvalue weighted by atomic mass is 16.6. The standard InChI is InChI=1S/C33H47N3O6/c1-7-12-20-41-32(40)27-26-17-18-33(42-26)28(27)30(38)36(25(21-37)22(6)9-3)29(33)31(39)35(19-8-2)24-15-13-23(14-16-24)34(10-4)11-5/h7-8,13-16,22,25-29,37H,1-2,9-12,17-21H2,3-6H3/t22-,25-,26-,27+,28-,29?,33?/m0/s1. The first-order valence-electron chi connectivity index (χ1n) is 15.4. The van der Waals surface area contributed by atoms with Crippen LogP contribution in [0.3, 0.4) is 0 Å². The van der Waals surface area contributed by atoms with Crippen LogP contribution in [0, 0.1) is 17.8 Å². The number of benzene rings is 1. The largest absolute Gasteiger partial charge is 0.465 e. The second-order valence-electron chi connectivity index (χ2n) is 11.6. The van der Waals surface area contributed by atoms with Crippen molar-refractivity contribution in [2.45, 2.75) is 77.2 Å². The third kappa shape index (κ3) is 5.37. The Hall–Kier alpha value is -3.17. The molecule has 7 atom stereocenters. The first-order valence-corrected chi connectivity index (χ1v) is 15.4. The van der Waals surface area contributed by atoms with E-state index in [1.807, 2.05) is 38.1 Å². The summed E-state index contributed by atoms with van der Waals surface area (Å²) in [7, 11) is 0. The fourth-order valence-corrected chi connectivity index (χ4v) is 7.18. The average molecular weight is 582 g/mol. The Morgan fingerprint density at radius 1 is 1.17 bits per heavy atom. The number of amides is 2. The van der Waals surface area contributed by atoms with Gasteiger partial charge in [0.05, 0.1) is 37.2 Å². The molecule has 3 fully saturated rings. The Morgan fingerprint density at radius 3 is 2.40 bits per heavy atom. The molecule has 3 heterocycles. The van der Waals surface area contributed by atoms with Crippen molar-refractivity contribution in [2.75, 3.05) is 42.6 Å². The number of nitrogens with zero attached hydrogens (tertiary/aromatic N) is 3. The first-order chi connectivity index (χ1) is 20.2. The third-order valence-corrected chi connectivity index (χ3v) is 9.52. The van der Waals surface area contributed by atoms with Gasteiger partial charge in [-0.15, -0.1) is 13.2 Å². The zero-order valence-corrected chi connectivity index (χ0v) is 25.5.